The van der Waals surface area contributed by atoms with Crippen LogP contribution in [0.25, 0.3) is 54.9 Å². The molecule has 2 nitrogen and oxygen atoms in total. The third kappa shape index (κ3) is 3.32. The Morgan fingerprint density at radius 2 is 1.05 bits per heavy atom. The van der Waals surface area contributed by atoms with E-state index in [0.717, 1.165) is 5.56 Å². The van der Waals surface area contributed by atoms with E-state index in [1.807, 2.05) is 12.1 Å². The molecule has 0 saturated carbocycles. The number of rotatable bonds is 4. The fourth-order valence-corrected chi connectivity index (χ4v) is 6.40. The lowest BCUT2D eigenvalue weighted by molar-refractivity contribution is 0.454. The molecule has 7 rings (SSSR count). The fourth-order valence-electron chi connectivity index (χ4n) is 6.40. The van der Waals surface area contributed by atoms with Gasteiger partial charge in [0.15, 0.2) is 0 Å². The van der Waals surface area contributed by atoms with Gasteiger partial charge in [-0.15, -0.1) is 0 Å². The van der Waals surface area contributed by atoms with Crippen LogP contribution in [0.4, 0.5) is 0 Å². The molecule has 0 atom stereocenters. The molecule has 182 valence electrons. The lowest BCUT2D eigenvalue weighted by Crippen LogP contribution is -2.14. The molecule has 1 aliphatic carbocycles. The van der Waals surface area contributed by atoms with E-state index in [1.165, 1.54) is 60.5 Å². The van der Waals surface area contributed by atoms with E-state index in [1.54, 1.807) is 0 Å². The molecule has 0 spiro atoms. The van der Waals surface area contributed by atoms with Crippen molar-refractivity contribution >= 4 is 29.2 Å². The zero-order chi connectivity index (χ0) is 25.9. The SMILES string of the molecule is CC1(C)c2ccccc2-c2ccc(-c3c4ccccc4c(-c4ccc(OBO)cc4)c4ccccc34)cc21. The summed E-state index contributed by atoms with van der Waals surface area (Å²) in [7, 11) is -0.331. The van der Waals surface area contributed by atoms with Crippen molar-refractivity contribution in [2.45, 2.75) is 19.3 Å². The summed E-state index contributed by atoms with van der Waals surface area (Å²) >= 11 is 0. The summed E-state index contributed by atoms with van der Waals surface area (Å²) < 4.78 is 5.28. The first-order valence-corrected chi connectivity index (χ1v) is 13.1. The molecule has 1 aliphatic rings. The van der Waals surface area contributed by atoms with Crippen LogP contribution in [-0.4, -0.2) is 12.7 Å². The van der Waals surface area contributed by atoms with Crippen molar-refractivity contribution in [3.05, 3.63) is 126 Å². The molecule has 0 saturated heterocycles. The molecular weight excluding hydrogens is 463 g/mol. The zero-order valence-electron chi connectivity index (χ0n) is 21.5. The van der Waals surface area contributed by atoms with Crippen LogP contribution in [0.15, 0.2) is 115 Å². The van der Waals surface area contributed by atoms with Gasteiger partial charge in [0, 0.05) is 5.41 Å². The fraction of sp³-hybridized carbons (Fsp3) is 0.0857. The van der Waals surface area contributed by atoms with Crippen molar-refractivity contribution in [2.24, 2.45) is 0 Å². The van der Waals surface area contributed by atoms with Gasteiger partial charge in [0.2, 0.25) is 0 Å². The highest BCUT2D eigenvalue weighted by molar-refractivity contribution is 6.21. The maximum Gasteiger partial charge on any atom is 0.504 e. The van der Waals surface area contributed by atoms with E-state index in [4.69, 9.17) is 9.68 Å². The van der Waals surface area contributed by atoms with Crippen LogP contribution in [-0.2, 0) is 5.41 Å². The first kappa shape index (κ1) is 22.8. The van der Waals surface area contributed by atoms with Gasteiger partial charge in [0.25, 0.3) is 0 Å². The maximum absolute atomic E-state index is 9.15. The van der Waals surface area contributed by atoms with Crippen LogP contribution in [0.5, 0.6) is 5.75 Å². The second kappa shape index (κ2) is 8.61. The smallest absolute Gasteiger partial charge is 0.504 e. The highest BCUT2D eigenvalue weighted by Gasteiger charge is 2.35. The van der Waals surface area contributed by atoms with Crippen molar-refractivity contribution in [3.63, 3.8) is 0 Å². The summed E-state index contributed by atoms with van der Waals surface area (Å²) in [6.07, 6.45) is 0. The van der Waals surface area contributed by atoms with Crippen molar-refractivity contribution in [2.75, 3.05) is 0 Å². The molecule has 0 radical (unpaired) electrons. The van der Waals surface area contributed by atoms with E-state index in [-0.39, 0.29) is 13.1 Å². The lowest BCUT2D eigenvalue weighted by atomic mass is 9.80. The van der Waals surface area contributed by atoms with E-state index >= 15 is 0 Å². The monoisotopic (exact) mass is 490 g/mol. The Balaban J connectivity index is 1.51. The minimum Gasteiger partial charge on any atom is -0.539 e. The third-order valence-corrected chi connectivity index (χ3v) is 8.18. The highest BCUT2D eigenvalue weighted by atomic mass is 16.5. The molecule has 0 amide bonds. The second-order valence-electron chi connectivity index (χ2n) is 10.6. The van der Waals surface area contributed by atoms with Gasteiger partial charge in [-0.25, -0.2) is 0 Å². The Kier molecular flexibility index (Phi) is 5.17. The summed E-state index contributed by atoms with van der Waals surface area (Å²) in [4.78, 5) is 0. The second-order valence-corrected chi connectivity index (χ2v) is 10.6. The van der Waals surface area contributed by atoms with Crippen molar-refractivity contribution in [1.82, 2.24) is 0 Å². The Morgan fingerprint density at radius 3 is 1.66 bits per heavy atom. The zero-order valence-corrected chi connectivity index (χ0v) is 21.5. The molecule has 0 fully saturated rings. The molecule has 0 heterocycles. The average Bonchev–Trinajstić information content (AvgIpc) is 3.18. The maximum atomic E-state index is 9.15. The van der Waals surface area contributed by atoms with Gasteiger partial charge in [0.1, 0.15) is 5.75 Å². The van der Waals surface area contributed by atoms with Crippen molar-refractivity contribution < 1.29 is 9.68 Å². The van der Waals surface area contributed by atoms with Gasteiger partial charge in [0.05, 0.1) is 0 Å². The molecule has 0 aliphatic heterocycles. The van der Waals surface area contributed by atoms with Crippen molar-refractivity contribution in [3.8, 4) is 39.1 Å². The van der Waals surface area contributed by atoms with Crippen LogP contribution in [0.2, 0.25) is 0 Å². The summed E-state index contributed by atoms with van der Waals surface area (Å²) in [5, 5.41) is 14.1. The molecule has 0 aromatic heterocycles. The van der Waals surface area contributed by atoms with Crippen LogP contribution in [0, 0.1) is 0 Å². The van der Waals surface area contributed by atoms with Gasteiger partial charge in [-0.2, -0.15) is 0 Å². The number of benzene rings is 6. The van der Waals surface area contributed by atoms with Gasteiger partial charge in [-0.1, -0.05) is 111 Å². The van der Waals surface area contributed by atoms with Crippen LogP contribution in [0.3, 0.4) is 0 Å². The Hall–Kier alpha value is -4.34. The largest absolute Gasteiger partial charge is 0.539 e. The summed E-state index contributed by atoms with van der Waals surface area (Å²) in [5.74, 6) is 0.656. The highest BCUT2D eigenvalue weighted by Crippen LogP contribution is 2.51. The first-order valence-electron chi connectivity index (χ1n) is 13.1. The number of hydrogen-bond donors (Lipinski definition) is 1. The summed E-state index contributed by atoms with van der Waals surface area (Å²) in [6, 6.07) is 41.3. The quantitative estimate of drug-likeness (QED) is 0.199. The summed E-state index contributed by atoms with van der Waals surface area (Å²) in [5.41, 5.74) is 10.3. The minimum atomic E-state index is -0.331. The molecule has 38 heavy (non-hydrogen) atoms. The predicted molar refractivity (Wildman–Crippen MR) is 160 cm³/mol. The molecule has 3 heteroatoms. The molecule has 6 aromatic carbocycles. The van der Waals surface area contributed by atoms with Crippen LogP contribution >= 0.6 is 0 Å². The van der Waals surface area contributed by atoms with E-state index in [9.17, 15) is 0 Å². The Labute approximate surface area is 223 Å². The predicted octanol–water partition coefficient (Wildman–Crippen LogP) is 8.27. The van der Waals surface area contributed by atoms with Crippen molar-refractivity contribution in [1.29, 1.82) is 0 Å². The third-order valence-electron chi connectivity index (χ3n) is 8.18. The van der Waals surface area contributed by atoms with Crippen LogP contribution in [0.1, 0.15) is 25.0 Å². The number of hydrogen-bond acceptors (Lipinski definition) is 2. The van der Waals surface area contributed by atoms with Crippen LogP contribution < -0.4 is 4.65 Å². The molecule has 6 aromatic rings. The van der Waals surface area contributed by atoms with Gasteiger partial charge >= 0.3 is 7.69 Å². The van der Waals surface area contributed by atoms with E-state index < -0.39 is 0 Å². The van der Waals surface area contributed by atoms with E-state index in [2.05, 4.69) is 117 Å². The molecular formula is C35H27BO2. The molecule has 0 bridgehead atoms. The topological polar surface area (TPSA) is 29.5 Å². The standard InChI is InChI=1S/C35H27BO2/c1-35(2)31-14-8-7-9-25(31)26-20-17-23(21-32(26)35)34-29-12-5-3-10-27(29)33(28-11-4-6-13-30(28)34)22-15-18-24(19-16-22)38-36-37/h3-21,36-37H,1-2H3. The summed E-state index contributed by atoms with van der Waals surface area (Å²) in [6.45, 7) is 4.68. The minimum absolute atomic E-state index is 0.0497. The van der Waals surface area contributed by atoms with Gasteiger partial charge in [-0.3, -0.25) is 0 Å². The Bertz CT molecular complexity index is 1790. The van der Waals surface area contributed by atoms with Gasteiger partial charge < -0.3 is 9.68 Å². The number of fused-ring (bicyclic) bond motifs is 5. The van der Waals surface area contributed by atoms with E-state index in [0.29, 0.717) is 5.75 Å². The molecule has 0 unspecified atom stereocenters. The Morgan fingerprint density at radius 1 is 0.553 bits per heavy atom. The van der Waals surface area contributed by atoms with Gasteiger partial charge in [-0.05, 0) is 84.3 Å². The first-order chi connectivity index (χ1) is 18.6. The normalized spacial score (nSPS) is 13.3. The average molecular weight is 490 g/mol. The lowest BCUT2D eigenvalue weighted by Gasteiger charge is -2.23. The molecule has 1 N–H and O–H groups in total.